The third kappa shape index (κ3) is 2.58. The van der Waals surface area contributed by atoms with Crippen LogP contribution in [0.3, 0.4) is 0 Å². The number of hydrogen-bond donors (Lipinski definition) is 1. The van der Waals surface area contributed by atoms with Crippen molar-refractivity contribution in [3.63, 3.8) is 0 Å². The van der Waals surface area contributed by atoms with Gasteiger partial charge < -0.3 is 5.32 Å². The first kappa shape index (κ1) is 13.2. The highest BCUT2D eigenvalue weighted by Crippen LogP contribution is 2.33. The van der Waals surface area contributed by atoms with Crippen molar-refractivity contribution in [2.45, 2.75) is 31.3 Å². The first-order chi connectivity index (χ1) is 9.54. The van der Waals surface area contributed by atoms with Crippen LogP contribution in [-0.4, -0.2) is 35.0 Å². The van der Waals surface area contributed by atoms with Gasteiger partial charge in [0, 0.05) is 31.2 Å². The van der Waals surface area contributed by atoms with Gasteiger partial charge in [0.2, 0.25) is 0 Å². The van der Waals surface area contributed by atoms with Crippen molar-refractivity contribution in [1.29, 1.82) is 0 Å². The van der Waals surface area contributed by atoms with Crippen molar-refractivity contribution in [3.05, 3.63) is 33.9 Å². The van der Waals surface area contributed by atoms with Crippen LogP contribution < -0.4 is 5.32 Å². The van der Waals surface area contributed by atoms with Gasteiger partial charge in [0.1, 0.15) is 11.5 Å². The molecule has 2 fully saturated rings. The lowest BCUT2D eigenvalue weighted by atomic mass is 10.2. The molecule has 0 amide bonds. The van der Waals surface area contributed by atoms with Crippen LogP contribution >= 0.6 is 0 Å². The molecule has 2 aliphatic rings. The van der Waals surface area contributed by atoms with Crippen molar-refractivity contribution < 1.29 is 13.7 Å². The quantitative estimate of drug-likeness (QED) is 0.681. The number of hydrogen-bond acceptors (Lipinski definition) is 4. The van der Waals surface area contributed by atoms with E-state index in [4.69, 9.17) is 0 Å². The van der Waals surface area contributed by atoms with Crippen LogP contribution in [0.15, 0.2) is 12.1 Å². The molecule has 1 heterocycles. The largest absolute Gasteiger partial charge is 0.373 e. The third-order valence-corrected chi connectivity index (χ3v) is 3.86. The average molecular weight is 283 g/mol. The smallest absolute Gasteiger partial charge is 0.298 e. The summed E-state index contributed by atoms with van der Waals surface area (Å²) in [5, 5.41) is 13.8. The van der Waals surface area contributed by atoms with E-state index in [2.05, 4.69) is 10.2 Å². The number of nitrogens with one attached hydrogen (secondary N) is 1. The Morgan fingerprint density at radius 3 is 2.70 bits per heavy atom. The zero-order chi connectivity index (χ0) is 14.3. The second-order valence-corrected chi connectivity index (χ2v) is 5.39. The maximum atomic E-state index is 13.8. The Morgan fingerprint density at radius 2 is 2.05 bits per heavy atom. The maximum Gasteiger partial charge on any atom is 0.298 e. The molecule has 0 radical (unpaired) electrons. The summed E-state index contributed by atoms with van der Waals surface area (Å²) in [6.07, 6.45) is 3.19. The van der Waals surface area contributed by atoms with E-state index in [1.54, 1.807) is 0 Å². The molecule has 3 rings (SSSR count). The van der Waals surface area contributed by atoms with E-state index in [1.807, 2.05) is 0 Å². The molecule has 1 atom stereocenters. The summed E-state index contributed by atoms with van der Waals surface area (Å²) in [4.78, 5) is 12.5. The van der Waals surface area contributed by atoms with Gasteiger partial charge in [0.15, 0.2) is 5.82 Å². The monoisotopic (exact) mass is 283 g/mol. The van der Waals surface area contributed by atoms with Crippen LogP contribution in [0.1, 0.15) is 19.3 Å². The van der Waals surface area contributed by atoms with Crippen molar-refractivity contribution in [3.8, 4) is 0 Å². The first-order valence-corrected chi connectivity index (χ1v) is 6.68. The highest BCUT2D eigenvalue weighted by molar-refractivity contribution is 5.63. The average Bonchev–Trinajstić information content (AvgIpc) is 3.12. The van der Waals surface area contributed by atoms with E-state index in [0.29, 0.717) is 12.1 Å². The number of nitro groups is 1. The molecule has 1 saturated heterocycles. The minimum atomic E-state index is -0.939. The molecule has 1 aromatic carbocycles. The Morgan fingerprint density at radius 1 is 1.30 bits per heavy atom. The van der Waals surface area contributed by atoms with Crippen LogP contribution in [0.4, 0.5) is 20.2 Å². The molecule has 1 aliphatic heterocycles. The van der Waals surface area contributed by atoms with Gasteiger partial charge in [0.05, 0.1) is 11.0 Å². The molecule has 1 N–H and O–H groups in total. The lowest BCUT2D eigenvalue weighted by molar-refractivity contribution is -0.384. The molecule has 0 aromatic heterocycles. The molecular formula is C13H15F2N3O2. The minimum absolute atomic E-state index is 0.0331. The molecule has 7 heteroatoms. The molecule has 0 spiro atoms. The van der Waals surface area contributed by atoms with E-state index < -0.39 is 22.2 Å². The molecule has 1 unspecified atom stereocenters. The molecule has 0 bridgehead atoms. The lowest BCUT2D eigenvalue weighted by Crippen LogP contribution is -2.28. The SMILES string of the molecule is O=[N+]([O-])c1cc(F)cc(F)c1NC1CCN(C2CC2)C1. The molecule has 108 valence electrons. The van der Waals surface area contributed by atoms with Crippen molar-refractivity contribution >= 4 is 11.4 Å². The number of rotatable bonds is 4. The fourth-order valence-electron chi connectivity index (χ4n) is 2.73. The maximum absolute atomic E-state index is 13.8. The van der Waals surface area contributed by atoms with Crippen molar-refractivity contribution in [1.82, 2.24) is 4.90 Å². The Kier molecular flexibility index (Phi) is 3.29. The van der Waals surface area contributed by atoms with Crippen LogP contribution in [0, 0.1) is 21.7 Å². The molecular weight excluding hydrogens is 268 g/mol. The fourth-order valence-corrected chi connectivity index (χ4v) is 2.73. The van der Waals surface area contributed by atoms with Gasteiger partial charge >= 0.3 is 0 Å². The fraction of sp³-hybridized carbons (Fsp3) is 0.538. The van der Waals surface area contributed by atoms with E-state index in [0.717, 1.165) is 25.6 Å². The van der Waals surface area contributed by atoms with Crippen LogP contribution in [-0.2, 0) is 0 Å². The van der Waals surface area contributed by atoms with E-state index in [-0.39, 0.29) is 11.7 Å². The van der Waals surface area contributed by atoms with Gasteiger partial charge in [-0.05, 0) is 19.3 Å². The van der Waals surface area contributed by atoms with E-state index >= 15 is 0 Å². The zero-order valence-electron chi connectivity index (χ0n) is 10.8. The van der Waals surface area contributed by atoms with Crippen molar-refractivity contribution in [2.75, 3.05) is 18.4 Å². The normalized spacial score (nSPS) is 23.0. The standard InChI is InChI=1S/C13H15F2N3O2/c14-8-5-11(15)13(12(6-8)18(19)20)16-9-3-4-17(7-9)10-1-2-10/h5-6,9-10,16H,1-4,7H2. The van der Waals surface area contributed by atoms with Crippen molar-refractivity contribution in [2.24, 2.45) is 0 Å². The summed E-state index contributed by atoms with van der Waals surface area (Å²) in [5.41, 5.74) is -0.758. The molecule has 5 nitrogen and oxygen atoms in total. The van der Waals surface area contributed by atoms with Gasteiger partial charge in [-0.15, -0.1) is 0 Å². The number of nitro benzene ring substituents is 1. The highest BCUT2D eigenvalue weighted by Gasteiger charge is 2.35. The number of nitrogens with zero attached hydrogens (tertiary/aromatic N) is 2. The number of anilines is 1. The highest BCUT2D eigenvalue weighted by atomic mass is 19.1. The van der Waals surface area contributed by atoms with E-state index in [9.17, 15) is 18.9 Å². The lowest BCUT2D eigenvalue weighted by Gasteiger charge is -2.17. The summed E-state index contributed by atoms with van der Waals surface area (Å²) < 4.78 is 26.8. The topological polar surface area (TPSA) is 58.4 Å². The summed E-state index contributed by atoms with van der Waals surface area (Å²) >= 11 is 0. The summed E-state index contributed by atoms with van der Waals surface area (Å²) in [6, 6.07) is 2.01. The third-order valence-electron chi connectivity index (χ3n) is 3.86. The molecule has 1 aliphatic carbocycles. The summed E-state index contributed by atoms with van der Waals surface area (Å²) in [7, 11) is 0. The number of benzene rings is 1. The molecule has 20 heavy (non-hydrogen) atoms. The van der Waals surface area contributed by atoms with Gasteiger partial charge in [-0.3, -0.25) is 15.0 Å². The summed E-state index contributed by atoms with van der Waals surface area (Å²) in [5.74, 6) is -1.85. The van der Waals surface area contributed by atoms with Gasteiger partial charge in [0.25, 0.3) is 5.69 Å². The first-order valence-electron chi connectivity index (χ1n) is 6.68. The molecule has 1 saturated carbocycles. The zero-order valence-corrected chi connectivity index (χ0v) is 10.8. The van der Waals surface area contributed by atoms with Gasteiger partial charge in [-0.25, -0.2) is 8.78 Å². The Hall–Kier alpha value is -1.76. The number of likely N-dealkylation sites (tertiary alicyclic amines) is 1. The summed E-state index contributed by atoms with van der Waals surface area (Å²) in [6.45, 7) is 1.66. The number of halogens is 2. The van der Waals surface area contributed by atoms with Crippen LogP contribution in [0.5, 0.6) is 0 Å². The Balaban J connectivity index is 1.78. The van der Waals surface area contributed by atoms with Gasteiger partial charge in [-0.2, -0.15) is 0 Å². The predicted molar refractivity (Wildman–Crippen MR) is 69.6 cm³/mol. The minimum Gasteiger partial charge on any atom is -0.373 e. The Labute approximate surface area is 114 Å². The van der Waals surface area contributed by atoms with Crippen LogP contribution in [0.2, 0.25) is 0 Å². The van der Waals surface area contributed by atoms with Crippen LogP contribution in [0.25, 0.3) is 0 Å². The Bertz CT molecular complexity index is 549. The van der Waals surface area contributed by atoms with Gasteiger partial charge in [-0.1, -0.05) is 0 Å². The predicted octanol–water partition coefficient (Wildman–Crippen LogP) is 2.52. The van der Waals surface area contributed by atoms with E-state index in [1.165, 1.54) is 12.8 Å². The second-order valence-electron chi connectivity index (χ2n) is 5.39. The molecule has 1 aromatic rings. The second kappa shape index (κ2) is 4.97.